The number of benzene rings is 3. The molecule has 1 aliphatic heterocycles. The molecule has 0 aliphatic carbocycles. The topological polar surface area (TPSA) is 67.4 Å². The van der Waals surface area contributed by atoms with Crippen LogP contribution in [0, 0.1) is 0 Å². The lowest BCUT2D eigenvalue weighted by Gasteiger charge is -2.11. The molecule has 0 saturated carbocycles. The number of ether oxygens (including phenoxy) is 1. The summed E-state index contributed by atoms with van der Waals surface area (Å²) in [5, 5.41) is 6.59. The maximum Gasteiger partial charge on any atom is 0.259 e. The van der Waals surface area contributed by atoms with Crippen molar-refractivity contribution >= 4 is 58.0 Å². The molecule has 1 aliphatic rings. The molecular formula is C20H11Cl3N2O3. The van der Waals surface area contributed by atoms with Gasteiger partial charge in [0.1, 0.15) is 5.75 Å². The van der Waals surface area contributed by atoms with Crippen molar-refractivity contribution in [2.45, 2.75) is 0 Å². The Bertz CT molecular complexity index is 1130. The van der Waals surface area contributed by atoms with Gasteiger partial charge in [0.2, 0.25) is 0 Å². The van der Waals surface area contributed by atoms with E-state index in [9.17, 15) is 9.59 Å². The molecule has 3 aromatic carbocycles. The Hall–Kier alpha value is -2.73. The van der Waals surface area contributed by atoms with Crippen LogP contribution >= 0.6 is 34.8 Å². The van der Waals surface area contributed by atoms with Gasteiger partial charge in [-0.05, 0) is 54.6 Å². The van der Waals surface area contributed by atoms with Gasteiger partial charge in [0.25, 0.3) is 11.8 Å². The highest BCUT2D eigenvalue weighted by Gasteiger charge is 2.22. The summed E-state index contributed by atoms with van der Waals surface area (Å²) in [6, 6.07) is 14.3. The van der Waals surface area contributed by atoms with Crippen molar-refractivity contribution in [1.29, 1.82) is 0 Å². The van der Waals surface area contributed by atoms with E-state index in [4.69, 9.17) is 39.5 Å². The number of hydrogen-bond acceptors (Lipinski definition) is 3. The second kappa shape index (κ2) is 7.36. The molecule has 0 aromatic heterocycles. The van der Waals surface area contributed by atoms with E-state index >= 15 is 0 Å². The van der Waals surface area contributed by atoms with Gasteiger partial charge in [0.05, 0.1) is 21.8 Å². The molecule has 0 radical (unpaired) electrons. The molecule has 1 heterocycles. The van der Waals surface area contributed by atoms with Crippen molar-refractivity contribution in [3.8, 4) is 11.5 Å². The Morgan fingerprint density at radius 3 is 2.43 bits per heavy atom. The molecular weight excluding hydrogens is 423 g/mol. The highest BCUT2D eigenvalue weighted by molar-refractivity contribution is 6.36. The number of carbonyl (C=O) groups is 2. The second-order valence-electron chi connectivity index (χ2n) is 5.99. The van der Waals surface area contributed by atoms with Gasteiger partial charge in [0.15, 0.2) is 5.75 Å². The summed E-state index contributed by atoms with van der Waals surface area (Å²) in [4.78, 5) is 25.1. The van der Waals surface area contributed by atoms with E-state index in [2.05, 4.69) is 10.6 Å². The molecule has 3 aromatic rings. The highest BCUT2D eigenvalue weighted by atomic mass is 35.5. The second-order valence-corrected chi connectivity index (χ2v) is 7.27. The van der Waals surface area contributed by atoms with Gasteiger partial charge in [-0.2, -0.15) is 0 Å². The van der Waals surface area contributed by atoms with Crippen LogP contribution in [0.2, 0.25) is 15.1 Å². The minimum absolute atomic E-state index is 0.229. The molecule has 0 atom stereocenters. The number of fused-ring (bicyclic) bond motifs is 2. The SMILES string of the molecule is O=C(Nc1ccc2c(c1)C(=O)Nc1cc(Cl)ccc1O2)c1cc(Cl)ccc1Cl. The third-order valence-corrected chi connectivity index (χ3v) is 4.86. The van der Waals surface area contributed by atoms with Crippen molar-refractivity contribution in [3.05, 3.63) is 80.8 Å². The average Bonchev–Trinajstić information content (AvgIpc) is 2.79. The first kappa shape index (κ1) is 18.6. The zero-order chi connectivity index (χ0) is 19.8. The summed E-state index contributed by atoms with van der Waals surface area (Å²) in [6.45, 7) is 0. The molecule has 140 valence electrons. The van der Waals surface area contributed by atoms with Gasteiger partial charge in [-0.3, -0.25) is 9.59 Å². The Kier molecular flexibility index (Phi) is 4.89. The molecule has 4 rings (SSSR count). The van der Waals surface area contributed by atoms with Crippen molar-refractivity contribution in [2.24, 2.45) is 0 Å². The largest absolute Gasteiger partial charge is 0.454 e. The van der Waals surface area contributed by atoms with Crippen molar-refractivity contribution < 1.29 is 14.3 Å². The molecule has 0 unspecified atom stereocenters. The van der Waals surface area contributed by atoms with E-state index in [0.29, 0.717) is 32.9 Å². The van der Waals surface area contributed by atoms with Crippen molar-refractivity contribution in [2.75, 3.05) is 10.6 Å². The Morgan fingerprint density at radius 2 is 1.61 bits per heavy atom. The molecule has 0 bridgehead atoms. The zero-order valence-corrected chi connectivity index (χ0v) is 16.3. The smallest absolute Gasteiger partial charge is 0.259 e. The van der Waals surface area contributed by atoms with Crippen LogP contribution in [-0.2, 0) is 0 Å². The highest BCUT2D eigenvalue weighted by Crippen LogP contribution is 2.38. The Balaban J connectivity index is 1.64. The monoisotopic (exact) mass is 432 g/mol. The summed E-state index contributed by atoms with van der Waals surface area (Å²) in [5.74, 6) is 0.00160. The quantitative estimate of drug-likeness (QED) is 0.501. The van der Waals surface area contributed by atoms with Crippen molar-refractivity contribution in [3.63, 3.8) is 0 Å². The number of halogens is 3. The minimum atomic E-state index is -0.447. The molecule has 0 fully saturated rings. The minimum Gasteiger partial charge on any atom is -0.454 e. The van der Waals surface area contributed by atoms with Gasteiger partial charge < -0.3 is 15.4 Å². The third-order valence-electron chi connectivity index (χ3n) is 4.06. The fourth-order valence-electron chi connectivity index (χ4n) is 2.74. The standard InChI is InChI=1S/C20H11Cl3N2O3/c21-10-1-4-15(23)13(7-10)19(26)24-12-3-6-17-14(9-12)20(27)25-16-8-11(22)2-5-18(16)28-17/h1-9H,(H,24,26)(H,25,27). The van der Waals surface area contributed by atoms with Crippen LogP contribution in [-0.4, -0.2) is 11.8 Å². The molecule has 0 saturated heterocycles. The van der Waals surface area contributed by atoms with Gasteiger partial charge in [-0.15, -0.1) is 0 Å². The first-order valence-corrected chi connectivity index (χ1v) is 9.23. The fourth-order valence-corrected chi connectivity index (χ4v) is 3.29. The number of amides is 2. The van der Waals surface area contributed by atoms with Crippen LogP contribution in [0.25, 0.3) is 0 Å². The molecule has 0 spiro atoms. The van der Waals surface area contributed by atoms with Crippen LogP contribution in [0.5, 0.6) is 11.5 Å². The van der Waals surface area contributed by atoms with Crippen LogP contribution in [0.15, 0.2) is 54.6 Å². The summed E-state index contributed by atoms with van der Waals surface area (Å²) >= 11 is 18.0. The Labute approximate surface area is 175 Å². The molecule has 28 heavy (non-hydrogen) atoms. The maximum absolute atomic E-state index is 12.6. The zero-order valence-electron chi connectivity index (χ0n) is 14.1. The summed E-state index contributed by atoms with van der Waals surface area (Å²) < 4.78 is 5.81. The fraction of sp³-hybridized carbons (Fsp3) is 0. The van der Waals surface area contributed by atoms with E-state index in [1.165, 1.54) is 12.1 Å². The van der Waals surface area contributed by atoms with Crippen LogP contribution in [0.4, 0.5) is 11.4 Å². The number of hydrogen-bond donors (Lipinski definition) is 2. The normalized spacial score (nSPS) is 12.2. The van der Waals surface area contributed by atoms with Crippen LogP contribution < -0.4 is 15.4 Å². The number of nitrogens with one attached hydrogen (secondary N) is 2. The number of carbonyl (C=O) groups excluding carboxylic acids is 2. The van der Waals surface area contributed by atoms with E-state index in [1.54, 1.807) is 42.5 Å². The predicted octanol–water partition coefficient (Wildman–Crippen LogP) is 6.26. The van der Waals surface area contributed by atoms with Crippen LogP contribution in [0.3, 0.4) is 0 Å². The van der Waals surface area contributed by atoms with Gasteiger partial charge in [-0.1, -0.05) is 34.8 Å². The van der Waals surface area contributed by atoms with Crippen LogP contribution in [0.1, 0.15) is 20.7 Å². The molecule has 8 heteroatoms. The van der Waals surface area contributed by atoms with E-state index in [0.717, 1.165) is 0 Å². The van der Waals surface area contributed by atoms with Crippen molar-refractivity contribution in [1.82, 2.24) is 0 Å². The first-order valence-electron chi connectivity index (χ1n) is 8.10. The summed E-state index contributed by atoms with van der Waals surface area (Å²) in [7, 11) is 0. The van der Waals surface area contributed by atoms with Gasteiger partial charge in [0, 0.05) is 15.7 Å². The average molecular weight is 434 g/mol. The van der Waals surface area contributed by atoms with E-state index in [1.807, 2.05) is 0 Å². The lowest BCUT2D eigenvalue weighted by atomic mass is 10.1. The molecule has 5 nitrogen and oxygen atoms in total. The van der Waals surface area contributed by atoms with Gasteiger partial charge in [-0.25, -0.2) is 0 Å². The number of rotatable bonds is 2. The predicted molar refractivity (Wildman–Crippen MR) is 110 cm³/mol. The van der Waals surface area contributed by atoms with E-state index in [-0.39, 0.29) is 22.1 Å². The van der Waals surface area contributed by atoms with E-state index < -0.39 is 5.91 Å². The maximum atomic E-state index is 12.6. The first-order chi connectivity index (χ1) is 13.4. The molecule has 2 N–H and O–H groups in total. The number of anilines is 2. The molecule has 2 amide bonds. The van der Waals surface area contributed by atoms with Gasteiger partial charge >= 0.3 is 0 Å². The third kappa shape index (κ3) is 3.64. The lowest BCUT2D eigenvalue weighted by molar-refractivity contribution is 0.101. The summed E-state index contributed by atoms with van der Waals surface area (Å²) in [5.41, 5.74) is 1.36. The Morgan fingerprint density at radius 1 is 0.893 bits per heavy atom. The summed E-state index contributed by atoms with van der Waals surface area (Å²) in [6.07, 6.45) is 0. The lowest BCUT2D eigenvalue weighted by Crippen LogP contribution is -2.14.